The van der Waals surface area contributed by atoms with Crippen molar-refractivity contribution in [3.05, 3.63) is 18.5 Å². The molecule has 0 unspecified atom stereocenters. The van der Waals surface area contributed by atoms with E-state index in [1.807, 2.05) is 25.5 Å². The summed E-state index contributed by atoms with van der Waals surface area (Å²) in [7, 11) is 1.93. The number of hydrogen-bond donors (Lipinski definition) is 1. The highest BCUT2D eigenvalue weighted by molar-refractivity contribution is 14.0. The average molecular weight is 560 g/mol. The number of nitrogens with zero attached hydrogens (tertiary/aromatic N) is 6. The molecule has 0 amide bonds. The highest BCUT2D eigenvalue weighted by Gasteiger charge is 2.38. The molecule has 1 aliphatic carbocycles. The molecule has 174 valence electrons. The third kappa shape index (κ3) is 6.83. The Morgan fingerprint density at radius 1 is 1.10 bits per heavy atom. The average Bonchev–Trinajstić information content (AvgIpc) is 2.81. The molecule has 0 bridgehead atoms. The summed E-state index contributed by atoms with van der Waals surface area (Å²) in [4.78, 5) is 20.7. The van der Waals surface area contributed by atoms with Crippen molar-refractivity contribution in [3.63, 3.8) is 0 Å². The largest absolute Gasteiger partial charge is 0.356 e. The minimum Gasteiger partial charge on any atom is -0.356 e. The van der Waals surface area contributed by atoms with E-state index in [4.69, 9.17) is 0 Å². The Kier molecular flexibility index (Phi) is 9.96. The lowest BCUT2D eigenvalue weighted by Gasteiger charge is -2.45. The molecule has 1 spiro atoms. The van der Waals surface area contributed by atoms with Gasteiger partial charge in [-0.1, -0.05) is 19.3 Å². The van der Waals surface area contributed by atoms with E-state index >= 15 is 0 Å². The van der Waals surface area contributed by atoms with E-state index in [9.17, 15) is 0 Å². The standard InChI is InChI=1S/C22H37N7S.HI/c1-23-20(29-17-18-30-22(19-29)7-3-2-4-8-22)24-11-6-12-27-13-15-28(16-14-27)21-25-9-5-10-26-21;/h5,9-10H,2-4,6-8,11-19H2,1H3,(H,23,24);1H. The fourth-order valence-electron chi connectivity index (χ4n) is 4.99. The lowest BCUT2D eigenvalue weighted by Crippen LogP contribution is -2.53. The Balaban J connectivity index is 0.00000272. The number of aromatic nitrogens is 2. The topological polar surface area (TPSA) is 59.9 Å². The second-order valence-electron chi connectivity index (χ2n) is 8.72. The number of rotatable bonds is 5. The molecule has 0 radical (unpaired) electrons. The Hall–Kier alpha value is -0.810. The predicted molar refractivity (Wildman–Crippen MR) is 142 cm³/mol. The summed E-state index contributed by atoms with van der Waals surface area (Å²) in [6, 6.07) is 1.87. The zero-order valence-corrected chi connectivity index (χ0v) is 22.0. The van der Waals surface area contributed by atoms with Crippen LogP contribution in [0, 0.1) is 0 Å². The van der Waals surface area contributed by atoms with Crippen LogP contribution in [0.3, 0.4) is 0 Å². The predicted octanol–water partition coefficient (Wildman–Crippen LogP) is 2.93. The Morgan fingerprint density at radius 2 is 1.84 bits per heavy atom. The molecule has 3 heterocycles. The van der Waals surface area contributed by atoms with Gasteiger partial charge in [-0.25, -0.2) is 9.97 Å². The van der Waals surface area contributed by atoms with Crippen molar-refractivity contribution in [1.29, 1.82) is 0 Å². The molecule has 3 aliphatic rings. The summed E-state index contributed by atoms with van der Waals surface area (Å²) < 4.78 is 0.482. The van der Waals surface area contributed by atoms with Gasteiger partial charge in [0.05, 0.1) is 0 Å². The quantitative estimate of drug-likeness (QED) is 0.258. The molecule has 2 saturated heterocycles. The molecule has 1 saturated carbocycles. The molecular weight excluding hydrogens is 521 g/mol. The molecule has 2 aliphatic heterocycles. The van der Waals surface area contributed by atoms with Gasteiger partial charge < -0.3 is 15.1 Å². The molecule has 3 fully saturated rings. The first-order valence-electron chi connectivity index (χ1n) is 11.6. The molecule has 7 nitrogen and oxygen atoms in total. The van der Waals surface area contributed by atoms with Gasteiger partial charge in [0.15, 0.2) is 5.96 Å². The van der Waals surface area contributed by atoms with E-state index in [1.54, 1.807) is 0 Å². The third-order valence-corrected chi connectivity index (χ3v) is 8.20. The second-order valence-corrected chi connectivity index (χ2v) is 10.3. The maximum absolute atomic E-state index is 4.61. The maximum atomic E-state index is 4.61. The molecule has 0 aromatic carbocycles. The Bertz CT molecular complexity index is 670. The maximum Gasteiger partial charge on any atom is 0.225 e. The molecule has 9 heteroatoms. The van der Waals surface area contributed by atoms with Gasteiger partial charge in [-0.05, 0) is 31.9 Å². The lowest BCUT2D eigenvalue weighted by molar-refractivity contribution is 0.253. The van der Waals surface area contributed by atoms with Crippen molar-refractivity contribution < 1.29 is 0 Å². The molecular formula is C22H38IN7S. The van der Waals surface area contributed by atoms with Crippen molar-refractivity contribution in [2.45, 2.75) is 43.3 Å². The highest BCUT2D eigenvalue weighted by Crippen LogP contribution is 2.42. The zero-order valence-electron chi connectivity index (χ0n) is 18.8. The minimum atomic E-state index is 0. The summed E-state index contributed by atoms with van der Waals surface area (Å²) in [6.07, 6.45) is 11.8. The van der Waals surface area contributed by atoms with Crippen LogP contribution in [0.25, 0.3) is 0 Å². The van der Waals surface area contributed by atoms with Gasteiger partial charge in [0.2, 0.25) is 5.95 Å². The summed E-state index contributed by atoms with van der Waals surface area (Å²) in [5, 5.41) is 3.64. The van der Waals surface area contributed by atoms with Crippen molar-refractivity contribution in [3.8, 4) is 0 Å². The van der Waals surface area contributed by atoms with Gasteiger partial charge in [0.1, 0.15) is 0 Å². The summed E-state index contributed by atoms with van der Waals surface area (Å²) in [5.74, 6) is 3.19. The molecule has 31 heavy (non-hydrogen) atoms. The number of thioether (sulfide) groups is 1. The van der Waals surface area contributed by atoms with Gasteiger partial charge in [0.25, 0.3) is 0 Å². The number of piperazine rings is 1. The van der Waals surface area contributed by atoms with Crippen LogP contribution in [-0.4, -0.2) is 95.6 Å². The number of guanidine groups is 1. The third-order valence-electron chi connectivity index (χ3n) is 6.67. The lowest BCUT2D eigenvalue weighted by atomic mass is 9.87. The van der Waals surface area contributed by atoms with Crippen LogP contribution in [0.5, 0.6) is 0 Å². The van der Waals surface area contributed by atoms with Crippen LogP contribution in [0.2, 0.25) is 0 Å². The summed E-state index contributed by atoms with van der Waals surface area (Å²) >= 11 is 2.22. The number of hydrogen-bond acceptors (Lipinski definition) is 6. The van der Waals surface area contributed by atoms with Crippen LogP contribution in [0.4, 0.5) is 5.95 Å². The number of nitrogens with one attached hydrogen (secondary N) is 1. The van der Waals surface area contributed by atoms with E-state index < -0.39 is 0 Å². The Morgan fingerprint density at radius 3 is 2.55 bits per heavy atom. The number of aliphatic imine (C=N–C) groups is 1. The van der Waals surface area contributed by atoms with Gasteiger partial charge in [-0.3, -0.25) is 9.89 Å². The first-order valence-corrected chi connectivity index (χ1v) is 12.6. The van der Waals surface area contributed by atoms with Crippen LogP contribution in [-0.2, 0) is 0 Å². The van der Waals surface area contributed by atoms with E-state index in [0.717, 1.165) is 64.1 Å². The fraction of sp³-hybridized carbons (Fsp3) is 0.773. The van der Waals surface area contributed by atoms with E-state index in [0.29, 0.717) is 4.75 Å². The number of halogens is 1. The van der Waals surface area contributed by atoms with Crippen molar-refractivity contribution in [2.75, 3.05) is 70.1 Å². The second kappa shape index (κ2) is 12.4. The molecule has 4 rings (SSSR count). The fourth-order valence-corrected chi connectivity index (χ4v) is 6.55. The first kappa shape index (κ1) is 24.8. The normalized spacial score (nSPS) is 22.3. The van der Waals surface area contributed by atoms with Gasteiger partial charge in [-0.2, -0.15) is 11.8 Å². The molecule has 1 aromatic rings. The van der Waals surface area contributed by atoms with Crippen molar-refractivity contribution >= 4 is 47.6 Å². The zero-order chi connectivity index (χ0) is 20.7. The molecule has 0 atom stereocenters. The molecule has 1 N–H and O–H groups in total. The van der Waals surface area contributed by atoms with Crippen LogP contribution < -0.4 is 10.2 Å². The van der Waals surface area contributed by atoms with Gasteiger partial charge >= 0.3 is 0 Å². The van der Waals surface area contributed by atoms with Crippen molar-refractivity contribution in [2.24, 2.45) is 4.99 Å². The minimum absolute atomic E-state index is 0. The van der Waals surface area contributed by atoms with Crippen LogP contribution in [0.15, 0.2) is 23.5 Å². The molecule has 1 aromatic heterocycles. The van der Waals surface area contributed by atoms with Gasteiger partial charge in [0, 0.05) is 75.8 Å². The van der Waals surface area contributed by atoms with Crippen LogP contribution >= 0.6 is 35.7 Å². The van der Waals surface area contributed by atoms with E-state index in [2.05, 4.69) is 46.7 Å². The smallest absolute Gasteiger partial charge is 0.225 e. The Labute approximate surface area is 208 Å². The first-order chi connectivity index (χ1) is 14.8. The SMILES string of the molecule is CN=C(NCCCN1CCN(c2ncccn2)CC1)N1CCSC2(CCCCC2)C1.I. The van der Waals surface area contributed by atoms with E-state index in [1.165, 1.54) is 44.4 Å². The highest BCUT2D eigenvalue weighted by atomic mass is 127. The van der Waals surface area contributed by atoms with E-state index in [-0.39, 0.29) is 24.0 Å². The van der Waals surface area contributed by atoms with Crippen molar-refractivity contribution in [1.82, 2.24) is 25.1 Å². The summed E-state index contributed by atoms with van der Waals surface area (Å²) in [6.45, 7) is 8.59. The monoisotopic (exact) mass is 559 g/mol. The van der Waals surface area contributed by atoms with Crippen LogP contribution in [0.1, 0.15) is 38.5 Å². The van der Waals surface area contributed by atoms with Gasteiger partial charge in [-0.15, -0.1) is 24.0 Å². The number of anilines is 1. The summed E-state index contributed by atoms with van der Waals surface area (Å²) in [5.41, 5.74) is 0.